The van der Waals surface area contributed by atoms with E-state index in [9.17, 15) is 13.2 Å². The van der Waals surface area contributed by atoms with Crippen molar-refractivity contribution in [1.29, 1.82) is 0 Å². The van der Waals surface area contributed by atoms with Crippen molar-refractivity contribution in [2.75, 3.05) is 39.3 Å². The van der Waals surface area contributed by atoms with E-state index >= 15 is 0 Å². The zero-order valence-electron chi connectivity index (χ0n) is 28.3. The third kappa shape index (κ3) is 8.75. The van der Waals surface area contributed by atoms with Crippen molar-refractivity contribution in [2.45, 2.75) is 77.8 Å². The third-order valence-electron chi connectivity index (χ3n) is 9.00. The fourth-order valence-corrected chi connectivity index (χ4v) is 8.32. The van der Waals surface area contributed by atoms with Crippen LogP contribution < -0.4 is 4.43 Å². The van der Waals surface area contributed by atoms with Crippen LogP contribution in [0.1, 0.15) is 59.8 Å². The summed E-state index contributed by atoms with van der Waals surface area (Å²) in [5.41, 5.74) is 4.59. The first-order chi connectivity index (χ1) is 22.1. The number of rotatable bonds is 8. The molecule has 1 aromatic heterocycles. The normalized spacial score (nSPS) is 18.0. The lowest BCUT2D eigenvalue weighted by molar-refractivity contribution is -0.137. The second-order valence-corrected chi connectivity index (χ2v) is 17.3. The number of halogens is 4. The lowest BCUT2D eigenvalue weighted by Crippen LogP contribution is -2.56. The summed E-state index contributed by atoms with van der Waals surface area (Å²) in [5, 5.41) is 0.682. The molecule has 0 N–H and O–H groups in total. The molecule has 3 aromatic rings. The number of pyridine rings is 1. The van der Waals surface area contributed by atoms with Crippen LogP contribution in [0.3, 0.4) is 0 Å². The lowest BCUT2D eigenvalue weighted by atomic mass is 9.84. The number of aromatic nitrogens is 1. The predicted octanol–water partition coefficient (Wildman–Crippen LogP) is 7.68. The molecule has 0 spiro atoms. The predicted molar refractivity (Wildman–Crippen MR) is 191 cm³/mol. The number of hydrogen-bond acceptors (Lipinski definition) is 5. The Bertz CT molecular complexity index is 1600. The van der Waals surface area contributed by atoms with E-state index in [1.165, 1.54) is 23.4 Å². The largest absolute Gasteiger partial charge is 0.547 e. The first kappa shape index (κ1) is 35.8. The summed E-state index contributed by atoms with van der Waals surface area (Å²) in [7, 11) is -1.50. The number of nitrogens with zero attached hydrogens (tertiary/aromatic N) is 4. The maximum Gasteiger partial charge on any atom is 0.416 e. The Kier molecular flexibility index (Phi) is 11.1. The molecule has 1 fully saturated rings. The van der Waals surface area contributed by atoms with Gasteiger partial charge in [0.05, 0.1) is 5.56 Å². The summed E-state index contributed by atoms with van der Waals surface area (Å²) in [6.07, 6.45) is -0.997. The number of benzene rings is 2. The molecule has 0 bridgehead atoms. The summed E-state index contributed by atoms with van der Waals surface area (Å²) in [6, 6.07) is 12.2. The first-order valence-corrected chi connectivity index (χ1v) is 20.0. The third-order valence-corrected chi connectivity index (χ3v) is 10.5. The topological polar surface area (TPSA) is 31.8 Å². The summed E-state index contributed by atoms with van der Waals surface area (Å²) in [5.74, 6) is 0.852. The van der Waals surface area contributed by atoms with Crippen LogP contribution in [0.15, 0.2) is 48.7 Å². The molecule has 5 nitrogen and oxygen atoms in total. The molecule has 47 heavy (non-hydrogen) atoms. The maximum atomic E-state index is 13.8. The molecule has 11 heteroatoms. The van der Waals surface area contributed by atoms with E-state index in [1.54, 1.807) is 13.0 Å². The van der Waals surface area contributed by atoms with Crippen molar-refractivity contribution in [3.8, 4) is 5.75 Å². The molecule has 2 aliphatic heterocycles. The highest BCUT2D eigenvalue weighted by molar-refractivity contribution is 7.80. The molecule has 2 aromatic carbocycles. The summed E-state index contributed by atoms with van der Waals surface area (Å²) in [6.45, 7) is 18.2. The Morgan fingerprint density at radius 2 is 1.79 bits per heavy atom. The Morgan fingerprint density at radius 1 is 1.04 bits per heavy atom. The van der Waals surface area contributed by atoms with E-state index < -0.39 is 20.8 Å². The van der Waals surface area contributed by atoms with Crippen molar-refractivity contribution >= 4 is 37.8 Å². The standard InChI is InChI=1S/C36H46ClF3N4OSSi/c1-24-18-27(20-28(19-24)36(38,39)40)34(46)44-17-16-43(15-14-42-13-11-31-26(22-42)8-7-12-41-31)23-29(44)21-25-9-10-30(37)32(35(2,3)4)33(25)45-47(5)6/h7-10,12,18-20,29,47H,11,13-17,21-23H2,1-6H3/t29-/m1/s1. The van der Waals surface area contributed by atoms with Gasteiger partial charge in [-0.25, -0.2) is 0 Å². The van der Waals surface area contributed by atoms with Gasteiger partial charge < -0.3 is 9.33 Å². The van der Waals surface area contributed by atoms with Gasteiger partial charge in [-0.05, 0) is 78.9 Å². The molecule has 0 saturated carbocycles. The van der Waals surface area contributed by atoms with Crippen molar-refractivity contribution < 1.29 is 17.6 Å². The lowest BCUT2D eigenvalue weighted by Gasteiger charge is -2.44. The van der Waals surface area contributed by atoms with Crippen LogP contribution >= 0.6 is 23.8 Å². The van der Waals surface area contributed by atoms with Gasteiger partial charge in [0.15, 0.2) is 0 Å². The van der Waals surface area contributed by atoms with E-state index in [0.29, 0.717) is 34.1 Å². The Labute approximate surface area is 289 Å². The summed E-state index contributed by atoms with van der Waals surface area (Å²) in [4.78, 5) is 12.1. The van der Waals surface area contributed by atoms with Crippen molar-refractivity contribution in [3.05, 3.63) is 92.8 Å². The molecule has 1 saturated heterocycles. The van der Waals surface area contributed by atoms with E-state index in [4.69, 9.17) is 28.2 Å². The fourth-order valence-electron chi connectivity index (χ4n) is 6.78. The number of alkyl halides is 3. The van der Waals surface area contributed by atoms with E-state index in [2.05, 4.69) is 65.7 Å². The van der Waals surface area contributed by atoms with Gasteiger partial charge in [0, 0.05) is 86.3 Å². The van der Waals surface area contributed by atoms with Crippen LogP contribution in [0.2, 0.25) is 18.1 Å². The van der Waals surface area contributed by atoms with Gasteiger partial charge in [0.2, 0.25) is 9.04 Å². The van der Waals surface area contributed by atoms with E-state index in [0.717, 1.165) is 62.6 Å². The highest BCUT2D eigenvalue weighted by Crippen LogP contribution is 2.41. The molecule has 5 rings (SSSR count). The van der Waals surface area contributed by atoms with Gasteiger partial charge in [0.25, 0.3) is 0 Å². The van der Waals surface area contributed by atoms with Gasteiger partial charge >= 0.3 is 6.18 Å². The smallest absolute Gasteiger partial charge is 0.416 e. The monoisotopic (exact) mass is 702 g/mol. The number of aryl methyl sites for hydroxylation is 1. The van der Waals surface area contributed by atoms with Crippen LogP contribution in [-0.4, -0.2) is 79.0 Å². The van der Waals surface area contributed by atoms with Gasteiger partial charge in [-0.15, -0.1) is 0 Å². The Balaban J connectivity index is 1.43. The van der Waals surface area contributed by atoms with Crippen molar-refractivity contribution in [3.63, 3.8) is 0 Å². The quantitative estimate of drug-likeness (QED) is 0.177. The molecular formula is C36H46ClF3N4OSSi. The minimum atomic E-state index is -4.45. The number of thiocarbonyl (C=S) groups is 1. The zero-order chi connectivity index (χ0) is 34.1. The minimum Gasteiger partial charge on any atom is -0.547 e. The van der Waals surface area contributed by atoms with Crippen LogP contribution in [0.5, 0.6) is 5.75 Å². The molecule has 0 amide bonds. The van der Waals surface area contributed by atoms with Gasteiger partial charge in [0.1, 0.15) is 10.7 Å². The zero-order valence-corrected chi connectivity index (χ0v) is 31.0. The van der Waals surface area contributed by atoms with Crippen LogP contribution in [0.4, 0.5) is 13.2 Å². The van der Waals surface area contributed by atoms with Gasteiger partial charge in [-0.1, -0.05) is 56.7 Å². The molecule has 254 valence electrons. The van der Waals surface area contributed by atoms with Gasteiger partial charge in [-0.3, -0.25) is 14.8 Å². The van der Waals surface area contributed by atoms with Crippen LogP contribution in [0.25, 0.3) is 0 Å². The number of fused-ring (bicyclic) bond motifs is 1. The SMILES string of the molecule is Cc1cc(C(=S)N2CCN(CCN3CCc4ncccc4C3)C[C@H]2Cc2ccc(Cl)c(C(C)(C)C)c2O[SiH](C)C)cc(C(F)(F)F)c1. The Morgan fingerprint density at radius 3 is 2.49 bits per heavy atom. The number of hydrogen-bond donors (Lipinski definition) is 0. The number of piperazine rings is 1. The highest BCUT2D eigenvalue weighted by Gasteiger charge is 2.35. The second-order valence-electron chi connectivity index (χ2n) is 14.2. The van der Waals surface area contributed by atoms with E-state index in [1.807, 2.05) is 18.3 Å². The van der Waals surface area contributed by atoms with Crippen molar-refractivity contribution in [1.82, 2.24) is 19.7 Å². The molecular weight excluding hydrogens is 657 g/mol. The molecule has 0 radical (unpaired) electrons. The summed E-state index contributed by atoms with van der Waals surface area (Å²) >= 11 is 12.8. The fraction of sp³-hybridized carbons (Fsp3) is 0.500. The van der Waals surface area contributed by atoms with Crippen LogP contribution in [0, 0.1) is 6.92 Å². The molecule has 0 unspecified atom stereocenters. The average molecular weight is 703 g/mol. The highest BCUT2D eigenvalue weighted by atomic mass is 35.5. The van der Waals surface area contributed by atoms with E-state index in [-0.39, 0.29) is 11.5 Å². The van der Waals surface area contributed by atoms with Gasteiger partial charge in [-0.2, -0.15) is 13.2 Å². The second kappa shape index (κ2) is 14.5. The maximum absolute atomic E-state index is 13.8. The van der Waals surface area contributed by atoms with Crippen LogP contribution in [-0.2, 0) is 31.0 Å². The Hall–Kier alpha value is -2.50. The molecule has 2 aliphatic rings. The molecule has 0 aliphatic carbocycles. The van der Waals surface area contributed by atoms with Crippen molar-refractivity contribution in [2.24, 2.45) is 0 Å². The average Bonchev–Trinajstić information content (AvgIpc) is 2.99. The molecule has 3 heterocycles. The summed E-state index contributed by atoms with van der Waals surface area (Å²) < 4.78 is 48.0. The first-order valence-electron chi connectivity index (χ1n) is 16.5. The molecule has 1 atom stereocenters. The minimum absolute atomic E-state index is 0.0671.